The number of aromatic nitrogens is 2. The number of hydrogen-bond acceptors (Lipinski definition) is 3. The summed E-state index contributed by atoms with van der Waals surface area (Å²) < 4.78 is 2.58. The highest BCUT2D eigenvalue weighted by Gasteiger charge is 2.20. The summed E-state index contributed by atoms with van der Waals surface area (Å²) in [6.07, 6.45) is 0. The maximum Gasteiger partial charge on any atom is 0.160 e. The Hall–Kier alpha value is -6.16. The third kappa shape index (κ3) is 5.41. The molecule has 0 amide bonds. The molecule has 0 saturated heterocycles. The van der Waals surface area contributed by atoms with E-state index in [1.54, 1.807) is 0 Å². The van der Waals surface area contributed by atoms with Gasteiger partial charge in [-0.25, -0.2) is 9.97 Å². The average Bonchev–Trinajstić information content (AvgIpc) is 3.57. The van der Waals surface area contributed by atoms with E-state index < -0.39 is 0 Å². The SMILES string of the molecule is c1ccc(-c2ccc(-c3c(-c4ccccc4-c4cc(-c5ccccc5)nc(-c5ccccc5)n4)ccc4c3sc3ccccc34)cc2)cc1. The highest BCUT2D eigenvalue weighted by molar-refractivity contribution is 7.26. The lowest BCUT2D eigenvalue weighted by atomic mass is 9.89. The Kier molecular flexibility index (Phi) is 7.38. The lowest BCUT2D eigenvalue weighted by Crippen LogP contribution is -1.97. The summed E-state index contributed by atoms with van der Waals surface area (Å²) in [6.45, 7) is 0. The summed E-state index contributed by atoms with van der Waals surface area (Å²) >= 11 is 1.87. The van der Waals surface area contributed by atoms with E-state index in [9.17, 15) is 0 Å². The van der Waals surface area contributed by atoms with Crippen LogP contribution < -0.4 is 0 Å². The van der Waals surface area contributed by atoms with E-state index in [-0.39, 0.29) is 0 Å². The topological polar surface area (TPSA) is 25.8 Å². The predicted molar refractivity (Wildman–Crippen MR) is 208 cm³/mol. The molecule has 0 aliphatic heterocycles. The van der Waals surface area contributed by atoms with Crippen LogP contribution in [0, 0.1) is 0 Å². The Morgan fingerprint density at radius 2 is 0.898 bits per heavy atom. The lowest BCUT2D eigenvalue weighted by molar-refractivity contribution is 1.18. The quantitative estimate of drug-likeness (QED) is 0.180. The zero-order chi connectivity index (χ0) is 32.6. The Bertz CT molecular complexity index is 2510. The van der Waals surface area contributed by atoms with Gasteiger partial charge in [0.05, 0.1) is 11.4 Å². The number of hydrogen-bond donors (Lipinski definition) is 0. The standard InChI is InChI=1S/C46H30N2S/c1-4-14-31(15-5-1)32-24-26-34(27-25-32)44-39(28-29-40-38-22-12-13-23-43(38)49-45(40)44)36-20-10-11-21-37(36)42-30-41(33-16-6-2-7-17-33)47-46(48-42)35-18-8-3-9-19-35/h1-30H. The van der Waals surface area contributed by atoms with Crippen LogP contribution in [-0.2, 0) is 0 Å². The second kappa shape index (κ2) is 12.5. The van der Waals surface area contributed by atoms with Gasteiger partial charge in [-0.1, -0.05) is 170 Å². The molecule has 0 fully saturated rings. The molecule has 0 aliphatic rings. The third-order valence-electron chi connectivity index (χ3n) is 9.15. The van der Waals surface area contributed by atoms with E-state index in [1.807, 2.05) is 35.6 Å². The van der Waals surface area contributed by atoms with E-state index in [1.165, 1.54) is 48.0 Å². The largest absolute Gasteiger partial charge is 0.228 e. The van der Waals surface area contributed by atoms with Gasteiger partial charge >= 0.3 is 0 Å². The number of benzene rings is 7. The molecule has 0 N–H and O–H groups in total. The van der Waals surface area contributed by atoms with Gasteiger partial charge < -0.3 is 0 Å². The average molecular weight is 643 g/mol. The van der Waals surface area contributed by atoms with Crippen molar-refractivity contribution in [2.75, 3.05) is 0 Å². The van der Waals surface area contributed by atoms with Crippen molar-refractivity contribution in [2.45, 2.75) is 0 Å². The van der Waals surface area contributed by atoms with Gasteiger partial charge in [0.2, 0.25) is 0 Å². The molecule has 0 atom stereocenters. The van der Waals surface area contributed by atoms with Gasteiger partial charge in [0.1, 0.15) is 0 Å². The van der Waals surface area contributed by atoms with Gasteiger partial charge in [0.15, 0.2) is 5.82 Å². The van der Waals surface area contributed by atoms with Gasteiger partial charge in [-0.3, -0.25) is 0 Å². The van der Waals surface area contributed by atoms with E-state index in [0.717, 1.165) is 33.6 Å². The summed E-state index contributed by atoms with van der Waals surface area (Å²) in [7, 11) is 0. The van der Waals surface area contributed by atoms with Gasteiger partial charge in [0, 0.05) is 42.4 Å². The van der Waals surface area contributed by atoms with E-state index in [2.05, 4.69) is 158 Å². The molecule has 0 aliphatic carbocycles. The highest BCUT2D eigenvalue weighted by Crippen LogP contribution is 2.47. The van der Waals surface area contributed by atoms with Crippen LogP contribution in [-0.4, -0.2) is 9.97 Å². The molecule has 2 heterocycles. The second-order valence-corrected chi connectivity index (χ2v) is 13.2. The molecule has 7 aromatic carbocycles. The van der Waals surface area contributed by atoms with Gasteiger partial charge in [-0.2, -0.15) is 0 Å². The molecular weight excluding hydrogens is 613 g/mol. The zero-order valence-corrected chi connectivity index (χ0v) is 27.4. The minimum Gasteiger partial charge on any atom is -0.228 e. The highest BCUT2D eigenvalue weighted by atomic mass is 32.1. The first kappa shape index (κ1) is 29.0. The fraction of sp³-hybridized carbons (Fsp3) is 0. The Morgan fingerprint density at radius 1 is 0.347 bits per heavy atom. The first-order valence-electron chi connectivity index (χ1n) is 16.5. The molecule has 0 radical (unpaired) electrons. The molecule has 0 spiro atoms. The molecular formula is C46H30N2S. The minimum atomic E-state index is 0.712. The molecule has 49 heavy (non-hydrogen) atoms. The smallest absolute Gasteiger partial charge is 0.160 e. The normalized spacial score (nSPS) is 11.3. The molecule has 230 valence electrons. The van der Waals surface area contributed by atoms with Gasteiger partial charge in [0.25, 0.3) is 0 Å². The molecule has 3 heteroatoms. The van der Waals surface area contributed by atoms with Gasteiger partial charge in [-0.05, 0) is 39.9 Å². The predicted octanol–water partition coefficient (Wildman–Crippen LogP) is 12.8. The van der Waals surface area contributed by atoms with Crippen LogP contribution in [0.2, 0.25) is 0 Å². The van der Waals surface area contributed by atoms with Crippen molar-refractivity contribution >= 4 is 31.5 Å². The first-order valence-corrected chi connectivity index (χ1v) is 17.3. The van der Waals surface area contributed by atoms with Crippen molar-refractivity contribution in [1.29, 1.82) is 0 Å². The zero-order valence-electron chi connectivity index (χ0n) is 26.6. The molecule has 2 nitrogen and oxygen atoms in total. The monoisotopic (exact) mass is 642 g/mol. The lowest BCUT2D eigenvalue weighted by Gasteiger charge is -2.17. The Morgan fingerprint density at radius 3 is 1.63 bits per heavy atom. The van der Waals surface area contributed by atoms with E-state index in [0.29, 0.717) is 5.82 Å². The van der Waals surface area contributed by atoms with Crippen LogP contribution in [0.3, 0.4) is 0 Å². The Balaban J connectivity index is 1.28. The number of thiophene rings is 1. The first-order chi connectivity index (χ1) is 24.3. The van der Waals surface area contributed by atoms with Crippen LogP contribution in [0.25, 0.3) is 87.5 Å². The fourth-order valence-electron chi connectivity index (χ4n) is 6.76. The minimum absolute atomic E-state index is 0.712. The van der Waals surface area contributed by atoms with Crippen molar-refractivity contribution in [2.24, 2.45) is 0 Å². The number of fused-ring (bicyclic) bond motifs is 3. The van der Waals surface area contributed by atoms with Crippen molar-refractivity contribution in [3.63, 3.8) is 0 Å². The molecule has 9 rings (SSSR count). The van der Waals surface area contributed by atoms with Crippen molar-refractivity contribution in [3.8, 4) is 67.3 Å². The van der Waals surface area contributed by atoms with Crippen LogP contribution >= 0.6 is 11.3 Å². The summed E-state index contributed by atoms with van der Waals surface area (Å²) in [4.78, 5) is 10.3. The van der Waals surface area contributed by atoms with E-state index in [4.69, 9.17) is 9.97 Å². The van der Waals surface area contributed by atoms with E-state index >= 15 is 0 Å². The van der Waals surface area contributed by atoms with Crippen LogP contribution in [0.1, 0.15) is 0 Å². The summed E-state index contributed by atoms with van der Waals surface area (Å²) in [5, 5.41) is 2.57. The molecule has 2 aromatic heterocycles. The molecule has 9 aromatic rings. The van der Waals surface area contributed by atoms with Crippen molar-refractivity contribution in [1.82, 2.24) is 9.97 Å². The van der Waals surface area contributed by atoms with Crippen LogP contribution in [0.4, 0.5) is 0 Å². The number of rotatable bonds is 6. The van der Waals surface area contributed by atoms with Crippen LogP contribution in [0.15, 0.2) is 182 Å². The summed E-state index contributed by atoms with van der Waals surface area (Å²) in [5.41, 5.74) is 12.1. The summed E-state index contributed by atoms with van der Waals surface area (Å²) in [5.74, 6) is 0.712. The number of nitrogens with zero attached hydrogens (tertiary/aromatic N) is 2. The fourth-order valence-corrected chi connectivity index (χ4v) is 8.03. The molecule has 0 unspecified atom stereocenters. The van der Waals surface area contributed by atoms with Gasteiger partial charge in [-0.15, -0.1) is 11.3 Å². The second-order valence-electron chi connectivity index (χ2n) is 12.1. The van der Waals surface area contributed by atoms with Crippen molar-refractivity contribution in [3.05, 3.63) is 182 Å². The molecule has 0 saturated carbocycles. The summed E-state index contributed by atoms with van der Waals surface area (Å²) in [6, 6.07) is 64.4. The maximum absolute atomic E-state index is 5.22. The van der Waals surface area contributed by atoms with Crippen LogP contribution in [0.5, 0.6) is 0 Å². The van der Waals surface area contributed by atoms with Crippen molar-refractivity contribution < 1.29 is 0 Å². The third-order valence-corrected chi connectivity index (χ3v) is 10.4. The molecule has 0 bridgehead atoms. The Labute approximate surface area is 289 Å². The maximum atomic E-state index is 5.22.